The Morgan fingerprint density at radius 1 is 1.18 bits per heavy atom. The molecule has 1 unspecified atom stereocenters. The van der Waals surface area contributed by atoms with Crippen molar-refractivity contribution in [2.45, 2.75) is 25.9 Å². The molecule has 90 valence electrons. The summed E-state index contributed by atoms with van der Waals surface area (Å²) in [5.41, 5.74) is 0.358. The first-order chi connectivity index (χ1) is 7.97. The van der Waals surface area contributed by atoms with Crippen molar-refractivity contribution in [3.63, 3.8) is 0 Å². The van der Waals surface area contributed by atoms with Crippen molar-refractivity contribution < 1.29 is 5.11 Å². The van der Waals surface area contributed by atoms with E-state index in [0.717, 1.165) is 14.9 Å². The van der Waals surface area contributed by atoms with Crippen LogP contribution < -0.4 is 0 Å². The maximum absolute atomic E-state index is 10.5. The van der Waals surface area contributed by atoms with Crippen molar-refractivity contribution in [3.05, 3.63) is 56.2 Å². The Kier molecular flexibility index (Phi) is 3.71. The van der Waals surface area contributed by atoms with Crippen molar-refractivity contribution >= 4 is 27.3 Å². The Morgan fingerprint density at radius 3 is 2.35 bits per heavy atom. The van der Waals surface area contributed by atoms with Gasteiger partial charge in [0.2, 0.25) is 0 Å². The van der Waals surface area contributed by atoms with Gasteiger partial charge in [0.1, 0.15) is 0 Å². The van der Waals surface area contributed by atoms with E-state index >= 15 is 0 Å². The van der Waals surface area contributed by atoms with E-state index in [1.165, 1.54) is 4.88 Å². The normalized spacial score (nSPS) is 14.6. The fourth-order valence-corrected chi connectivity index (χ4v) is 2.99. The topological polar surface area (TPSA) is 20.2 Å². The summed E-state index contributed by atoms with van der Waals surface area (Å²) in [6.45, 7) is 3.93. The Morgan fingerprint density at radius 2 is 1.82 bits per heavy atom. The van der Waals surface area contributed by atoms with Gasteiger partial charge in [-0.1, -0.05) is 28.1 Å². The molecule has 0 aliphatic rings. The van der Waals surface area contributed by atoms with Crippen LogP contribution in [0.1, 0.15) is 22.2 Å². The van der Waals surface area contributed by atoms with E-state index in [2.05, 4.69) is 28.9 Å². The summed E-state index contributed by atoms with van der Waals surface area (Å²) in [7, 11) is 0. The molecule has 0 aliphatic carbocycles. The molecule has 0 fully saturated rings. The molecule has 3 heteroatoms. The predicted octanol–water partition coefficient (Wildman–Crippen LogP) is 4.27. The lowest BCUT2D eigenvalue weighted by Crippen LogP contribution is -2.22. The van der Waals surface area contributed by atoms with E-state index in [9.17, 15) is 5.11 Å². The number of hydrogen-bond acceptors (Lipinski definition) is 2. The van der Waals surface area contributed by atoms with Crippen molar-refractivity contribution in [2.24, 2.45) is 0 Å². The van der Waals surface area contributed by atoms with E-state index in [1.807, 2.05) is 37.3 Å². The van der Waals surface area contributed by atoms with Crippen LogP contribution in [0.15, 0.2) is 40.9 Å². The Hall–Kier alpha value is -0.640. The van der Waals surface area contributed by atoms with Gasteiger partial charge in [0.05, 0.1) is 5.60 Å². The molecule has 1 aromatic carbocycles. The molecule has 0 radical (unpaired) electrons. The first-order valence-corrected chi connectivity index (χ1v) is 7.12. The average molecular weight is 311 g/mol. The third kappa shape index (κ3) is 3.18. The predicted molar refractivity (Wildman–Crippen MR) is 76.5 cm³/mol. The number of rotatable bonds is 3. The number of benzene rings is 1. The lowest BCUT2D eigenvalue weighted by Gasteiger charge is -2.22. The van der Waals surface area contributed by atoms with Crippen molar-refractivity contribution in [1.29, 1.82) is 0 Å². The summed E-state index contributed by atoms with van der Waals surface area (Å²) in [4.78, 5) is 2.26. The SMILES string of the molecule is Cc1ccc(C(C)(O)Cc2ccc(Br)cc2)s1. The van der Waals surface area contributed by atoms with Gasteiger partial charge >= 0.3 is 0 Å². The van der Waals surface area contributed by atoms with E-state index in [-0.39, 0.29) is 0 Å². The van der Waals surface area contributed by atoms with Gasteiger partial charge in [0.25, 0.3) is 0 Å². The summed E-state index contributed by atoms with van der Waals surface area (Å²) < 4.78 is 1.06. The molecule has 0 aliphatic heterocycles. The Labute approximate surface area is 114 Å². The van der Waals surface area contributed by atoms with E-state index in [1.54, 1.807) is 11.3 Å². The quantitative estimate of drug-likeness (QED) is 0.897. The summed E-state index contributed by atoms with van der Waals surface area (Å²) in [5, 5.41) is 10.5. The summed E-state index contributed by atoms with van der Waals surface area (Å²) in [6.07, 6.45) is 0.639. The first-order valence-electron chi connectivity index (χ1n) is 5.51. The molecular formula is C14H15BrOS. The molecule has 0 spiro atoms. The minimum Gasteiger partial charge on any atom is -0.384 e. The third-order valence-electron chi connectivity index (χ3n) is 2.73. The van der Waals surface area contributed by atoms with Gasteiger partial charge < -0.3 is 5.11 Å². The standard InChI is InChI=1S/C14H15BrOS/c1-10-3-8-13(17-10)14(2,16)9-11-4-6-12(15)7-5-11/h3-8,16H,9H2,1-2H3. The van der Waals surface area contributed by atoms with Crippen molar-refractivity contribution in [2.75, 3.05) is 0 Å². The van der Waals surface area contributed by atoms with Crippen LogP contribution >= 0.6 is 27.3 Å². The molecule has 1 aromatic heterocycles. The number of halogens is 1. The zero-order chi connectivity index (χ0) is 12.5. The minimum absolute atomic E-state index is 0.639. The molecule has 1 N–H and O–H groups in total. The van der Waals surface area contributed by atoms with Gasteiger partial charge in [0.15, 0.2) is 0 Å². The lowest BCUT2D eigenvalue weighted by molar-refractivity contribution is 0.0615. The number of aryl methyl sites for hydroxylation is 1. The van der Waals surface area contributed by atoms with Gasteiger partial charge in [-0.3, -0.25) is 0 Å². The zero-order valence-corrected chi connectivity index (χ0v) is 12.3. The van der Waals surface area contributed by atoms with E-state index in [4.69, 9.17) is 0 Å². The summed E-state index contributed by atoms with van der Waals surface area (Å²) >= 11 is 5.07. The minimum atomic E-state index is -0.785. The van der Waals surface area contributed by atoms with Gasteiger partial charge in [-0.25, -0.2) is 0 Å². The molecule has 17 heavy (non-hydrogen) atoms. The summed E-state index contributed by atoms with van der Waals surface area (Å²) in [6, 6.07) is 12.2. The molecule has 1 atom stereocenters. The highest BCUT2D eigenvalue weighted by Gasteiger charge is 2.25. The maximum Gasteiger partial charge on any atom is 0.1000 e. The van der Waals surface area contributed by atoms with Crippen molar-refractivity contribution in [3.8, 4) is 0 Å². The van der Waals surface area contributed by atoms with Crippen LogP contribution in [0.3, 0.4) is 0 Å². The van der Waals surface area contributed by atoms with Gasteiger partial charge in [-0.15, -0.1) is 11.3 Å². The number of hydrogen-bond donors (Lipinski definition) is 1. The molecule has 0 amide bonds. The van der Waals surface area contributed by atoms with Crippen LogP contribution in [-0.4, -0.2) is 5.11 Å². The molecular weight excluding hydrogens is 296 g/mol. The Bertz CT molecular complexity index is 499. The molecule has 0 saturated carbocycles. The van der Waals surface area contributed by atoms with Crippen molar-refractivity contribution in [1.82, 2.24) is 0 Å². The molecule has 0 saturated heterocycles. The summed E-state index contributed by atoms with van der Waals surface area (Å²) in [5.74, 6) is 0. The largest absolute Gasteiger partial charge is 0.384 e. The van der Waals surface area contributed by atoms with Crippen LogP contribution in [-0.2, 0) is 12.0 Å². The second-order valence-electron chi connectivity index (χ2n) is 4.49. The van der Waals surface area contributed by atoms with Gasteiger partial charge in [-0.05, 0) is 43.7 Å². The van der Waals surface area contributed by atoms with E-state index < -0.39 is 5.60 Å². The lowest BCUT2D eigenvalue weighted by atomic mass is 9.95. The van der Waals surface area contributed by atoms with Gasteiger partial charge in [0, 0.05) is 20.6 Å². The highest BCUT2D eigenvalue weighted by molar-refractivity contribution is 9.10. The first kappa shape index (κ1) is 12.8. The zero-order valence-electron chi connectivity index (χ0n) is 9.90. The molecule has 0 bridgehead atoms. The second-order valence-corrected chi connectivity index (χ2v) is 6.69. The smallest absolute Gasteiger partial charge is 0.1000 e. The molecule has 1 heterocycles. The van der Waals surface area contributed by atoms with Crippen LogP contribution in [0.25, 0.3) is 0 Å². The molecule has 2 rings (SSSR count). The number of thiophene rings is 1. The van der Waals surface area contributed by atoms with Crippen LogP contribution in [0.2, 0.25) is 0 Å². The maximum atomic E-state index is 10.5. The third-order valence-corrected chi connectivity index (χ3v) is 4.52. The molecule has 2 aromatic rings. The number of aliphatic hydroxyl groups is 1. The molecule has 1 nitrogen and oxygen atoms in total. The van der Waals surface area contributed by atoms with E-state index in [0.29, 0.717) is 6.42 Å². The second kappa shape index (κ2) is 4.92. The average Bonchev–Trinajstić information content (AvgIpc) is 2.69. The van der Waals surface area contributed by atoms with Crippen LogP contribution in [0.4, 0.5) is 0 Å². The van der Waals surface area contributed by atoms with Crippen LogP contribution in [0.5, 0.6) is 0 Å². The monoisotopic (exact) mass is 310 g/mol. The fraction of sp³-hybridized carbons (Fsp3) is 0.286. The van der Waals surface area contributed by atoms with Gasteiger partial charge in [-0.2, -0.15) is 0 Å². The fourth-order valence-electron chi connectivity index (χ4n) is 1.81. The highest BCUT2D eigenvalue weighted by atomic mass is 79.9. The Balaban J connectivity index is 2.19. The highest BCUT2D eigenvalue weighted by Crippen LogP contribution is 2.31. The van der Waals surface area contributed by atoms with Crippen LogP contribution in [0, 0.1) is 6.92 Å².